The molecule has 0 unspecified atom stereocenters. The van der Waals surface area contributed by atoms with E-state index in [9.17, 15) is 0 Å². The fraction of sp³-hybridized carbons (Fsp3) is 0. The van der Waals surface area contributed by atoms with E-state index in [1.807, 2.05) is 42.7 Å². The Morgan fingerprint density at radius 1 is 0.938 bits per heavy atom. The van der Waals surface area contributed by atoms with Gasteiger partial charge in [0.2, 0.25) is 6.33 Å². The van der Waals surface area contributed by atoms with Crippen LogP contribution < -0.4 is 4.57 Å². The second-order valence-electron chi connectivity index (χ2n) is 3.64. The fourth-order valence-electron chi connectivity index (χ4n) is 1.82. The number of aromatic nitrogens is 2. The average Bonchev–Trinajstić information content (AvgIpc) is 2.74. The van der Waals surface area contributed by atoms with Crippen LogP contribution in [0.5, 0.6) is 0 Å². The molecule has 16 heavy (non-hydrogen) atoms. The molecule has 0 aliphatic heterocycles. The molecule has 0 aliphatic carbocycles. The van der Waals surface area contributed by atoms with Crippen molar-refractivity contribution in [2.45, 2.75) is 0 Å². The number of aromatic amines is 1. The van der Waals surface area contributed by atoms with Crippen LogP contribution in [-0.2, 0) is 0 Å². The quantitative estimate of drug-likeness (QED) is 0.619. The molecule has 1 heterocycles. The summed E-state index contributed by atoms with van der Waals surface area (Å²) in [7, 11) is 0. The van der Waals surface area contributed by atoms with Crippen LogP contribution in [0, 0.1) is 0 Å². The first-order valence-electron chi connectivity index (χ1n) is 5.08. The van der Waals surface area contributed by atoms with Crippen LogP contribution in [0.2, 0.25) is 5.02 Å². The highest BCUT2D eigenvalue weighted by atomic mass is 35.5. The largest absolute Gasteiger partial charge is 0.247 e. The van der Waals surface area contributed by atoms with E-state index in [0.717, 1.165) is 21.7 Å². The molecular weight excluding hydrogens is 220 g/mol. The summed E-state index contributed by atoms with van der Waals surface area (Å²) in [6, 6.07) is 16.0. The van der Waals surface area contributed by atoms with E-state index in [4.69, 9.17) is 11.6 Å². The Morgan fingerprint density at radius 2 is 1.69 bits per heavy atom. The lowest BCUT2D eigenvalue weighted by Gasteiger charge is -1.96. The zero-order valence-electron chi connectivity index (χ0n) is 8.52. The maximum absolute atomic E-state index is 5.87. The third kappa shape index (κ3) is 1.48. The van der Waals surface area contributed by atoms with Gasteiger partial charge < -0.3 is 0 Å². The van der Waals surface area contributed by atoms with Gasteiger partial charge in [-0.2, -0.15) is 4.57 Å². The Labute approximate surface area is 98.1 Å². The van der Waals surface area contributed by atoms with Gasteiger partial charge in [0.25, 0.3) is 0 Å². The molecule has 0 radical (unpaired) electrons. The predicted octanol–water partition coefficient (Wildman–Crippen LogP) is 3.10. The van der Waals surface area contributed by atoms with Gasteiger partial charge in [0.1, 0.15) is 5.69 Å². The van der Waals surface area contributed by atoms with Crippen LogP contribution in [0.3, 0.4) is 0 Å². The summed E-state index contributed by atoms with van der Waals surface area (Å²) in [5, 5.41) is 0.754. The highest BCUT2D eigenvalue weighted by Crippen LogP contribution is 2.12. The number of benzene rings is 2. The van der Waals surface area contributed by atoms with Gasteiger partial charge in [-0.05, 0) is 36.4 Å². The molecule has 3 rings (SSSR count). The van der Waals surface area contributed by atoms with Gasteiger partial charge in [-0.3, -0.25) is 0 Å². The number of imidazole rings is 1. The van der Waals surface area contributed by atoms with Crippen LogP contribution in [-0.4, -0.2) is 4.98 Å². The van der Waals surface area contributed by atoms with Crippen molar-refractivity contribution in [3.8, 4) is 5.69 Å². The summed E-state index contributed by atoms with van der Waals surface area (Å²) in [4.78, 5) is 3.23. The monoisotopic (exact) mass is 229 g/mol. The molecule has 0 bridgehead atoms. The van der Waals surface area contributed by atoms with Crippen molar-refractivity contribution in [1.29, 1.82) is 0 Å². The van der Waals surface area contributed by atoms with E-state index >= 15 is 0 Å². The lowest BCUT2D eigenvalue weighted by molar-refractivity contribution is -0.567. The van der Waals surface area contributed by atoms with Crippen molar-refractivity contribution < 1.29 is 4.57 Å². The fourth-order valence-corrected chi connectivity index (χ4v) is 1.95. The molecule has 0 amide bonds. The van der Waals surface area contributed by atoms with Gasteiger partial charge in [-0.15, -0.1) is 0 Å². The first-order chi connectivity index (χ1) is 7.84. The van der Waals surface area contributed by atoms with Crippen LogP contribution in [0.1, 0.15) is 0 Å². The lowest BCUT2D eigenvalue weighted by atomic mass is 10.3. The molecule has 78 valence electrons. The number of nitrogens with one attached hydrogen (secondary N) is 1. The Kier molecular flexibility index (Phi) is 2.15. The first kappa shape index (κ1) is 9.43. The third-order valence-corrected chi connectivity index (χ3v) is 2.87. The molecule has 0 aliphatic rings. The minimum atomic E-state index is 0.754. The highest BCUT2D eigenvalue weighted by molar-refractivity contribution is 6.30. The SMILES string of the molecule is Clc1ccc(-[n+]2c[nH]c3ccccc32)cc1. The highest BCUT2D eigenvalue weighted by Gasteiger charge is 2.10. The van der Waals surface area contributed by atoms with Crippen LogP contribution in [0.4, 0.5) is 0 Å². The van der Waals surface area contributed by atoms with Crippen molar-refractivity contribution in [3.05, 3.63) is 59.9 Å². The Morgan fingerprint density at radius 3 is 2.50 bits per heavy atom. The molecule has 1 N–H and O–H groups in total. The molecule has 2 aromatic carbocycles. The first-order valence-corrected chi connectivity index (χ1v) is 5.46. The van der Waals surface area contributed by atoms with Crippen molar-refractivity contribution >= 4 is 22.6 Å². The van der Waals surface area contributed by atoms with Crippen molar-refractivity contribution in [3.63, 3.8) is 0 Å². The smallest absolute Gasteiger partial charge is 0.243 e. The second kappa shape index (κ2) is 3.65. The number of halogens is 1. The normalized spacial score (nSPS) is 10.8. The molecule has 2 nitrogen and oxygen atoms in total. The molecule has 0 fully saturated rings. The van der Waals surface area contributed by atoms with E-state index in [1.165, 1.54) is 0 Å². The summed E-state index contributed by atoms with van der Waals surface area (Å²) in [5.74, 6) is 0. The number of nitrogens with zero attached hydrogens (tertiary/aromatic N) is 1. The van der Waals surface area contributed by atoms with Crippen LogP contribution >= 0.6 is 11.6 Å². The predicted molar refractivity (Wildman–Crippen MR) is 64.8 cm³/mol. The van der Waals surface area contributed by atoms with Crippen molar-refractivity contribution in [2.75, 3.05) is 0 Å². The van der Waals surface area contributed by atoms with Gasteiger partial charge in [-0.25, -0.2) is 4.98 Å². The zero-order chi connectivity index (χ0) is 11.0. The number of rotatable bonds is 1. The molecular formula is C13H10ClN2+. The zero-order valence-corrected chi connectivity index (χ0v) is 9.28. The minimum absolute atomic E-state index is 0.754. The molecule has 0 spiro atoms. The second-order valence-corrected chi connectivity index (χ2v) is 4.07. The standard InChI is InChI=1S/C13H9ClN2/c14-10-5-7-11(8-6-10)16-9-15-12-3-1-2-4-13(12)16/h1-9H/p+1. The van der Waals surface area contributed by atoms with E-state index in [2.05, 4.69) is 21.7 Å². The van der Waals surface area contributed by atoms with E-state index in [-0.39, 0.29) is 0 Å². The average molecular weight is 230 g/mol. The van der Waals surface area contributed by atoms with Gasteiger partial charge >= 0.3 is 0 Å². The topological polar surface area (TPSA) is 19.7 Å². The van der Waals surface area contributed by atoms with Crippen molar-refractivity contribution in [1.82, 2.24) is 4.98 Å². The summed E-state index contributed by atoms with van der Waals surface area (Å²) in [6.45, 7) is 0. The molecule has 3 heteroatoms. The molecule has 0 saturated carbocycles. The van der Waals surface area contributed by atoms with Crippen LogP contribution in [0.25, 0.3) is 16.7 Å². The molecule has 1 aromatic heterocycles. The Hall–Kier alpha value is -1.80. The van der Waals surface area contributed by atoms with Crippen molar-refractivity contribution in [2.24, 2.45) is 0 Å². The van der Waals surface area contributed by atoms with Crippen LogP contribution in [0.15, 0.2) is 54.9 Å². The summed E-state index contributed by atoms with van der Waals surface area (Å²) < 4.78 is 2.10. The number of para-hydroxylation sites is 2. The van der Waals surface area contributed by atoms with E-state index in [0.29, 0.717) is 0 Å². The molecule has 0 atom stereocenters. The minimum Gasteiger partial charge on any atom is -0.243 e. The number of hydrogen-bond acceptors (Lipinski definition) is 0. The number of H-pyrrole nitrogens is 1. The molecule has 3 aromatic rings. The number of fused-ring (bicyclic) bond motifs is 1. The van der Waals surface area contributed by atoms with Gasteiger partial charge in [0, 0.05) is 5.02 Å². The Balaban J connectivity index is 2.22. The number of hydrogen-bond donors (Lipinski definition) is 1. The van der Waals surface area contributed by atoms with E-state index in [1.54, 1.807) is 0 Å². The maximum atomic E-state index is 5.87. The van der Waals surface area contributed by atoms with Gasteiger partial charge in [0.15, 0.2) is 11.0 Å². The lowest BCUT2D eigenvalue weighted by Crippen LogP contribution is -2.28. The van der Waals surface area contributed by atoms with Gasteiger partial charge in [0.05, 0.1) is 0 Å². The summed E-state index contributed by atoms with van der Waals surface area (Å²) in [5.41, 5.74) is 3.38. The summed E-state index contributed by atoms with van der Waals surface area (Å²) in [6.07, 6.45) is 1.95. The van der Waals surface area contributed by atoms with E-state index < -0.39 is 0 Å². The van der Waals surface area contributed by atoms with Gasteiger partial charge in [-0.1, -0.05) is 23.7 Å². The summed E-state index contributed by atoms with van der Waals surface area (Å²) >= 11 is 5.87. The maximum Gasteiger partial charge on any atom is 0.247 e. The third-order valence-electron chi connectivity index (χ3n) is 2.62. The molecule has 0 saturated heterocycles. The Bertz CT molecular complexity index is 626.